The van der Waals surface area contributed by atoms with Crippen molar-refractivity contribution in [3.05, 3.63) is 29.1 Å². The molecule has 0 spiro atoms. The van der Waals surface area contributed by atoms with Gasteiger partial charge in [-0.25, -0.2) is 13.1 Å². The van der Waals surface area contributed by atoms with Crippen molar-refractivity contribution in [2.45, 2.75) is 38.3 Å². The Balaban J connectivity index is 2.56. The Morgan fingerprint density at radius 2 is 1.90 bits per heavy atom. The van der Waals surface area contributed by atoms with E-state index < -0.39 is 10.0 Å². The minimum Gasteiger partial charge on any atom is -0.391 e. The van der Waals surface area contributed by atoms with E-state index in [4.69, 9.17) is 0 Å². The lowest BCUT2D eigenvalue weighted by molar-refractivity contribution is 0.282. The number of aliphatic hydroxyl groups excluding tert-OH is 1. The number of aliphatic hydroxyl groups is 1. The smallest absolute Gasteiger partial charge is 0.242 e. The summed E-state index contributed by atoms with van der Waals surface area (Å²) in [5, 5.41) is 10.1. The molecule has 20 heavy (non-hydrogen) atoms. The van der Waals surface area contributed by atoms with Gasteiger partial charge in [-0.3, -0.25) is 0 Å². The predicted molar refractivity (Wildman–Crippen MR) is 82.4 cm³/mol. The molecule has 0 amide bonds. The zero-order valence-corrected chi connectivity index (χ0v) is 13.4. The van der Waals surface area contributed by atoms with Gasteiger partial charge in [0.05, 0.1) is 11.5 Å². The SMILES string of the molecule is CC(C)C(C)NS(=O)(=O)c1c(CO)sc2ccccc12. The Morgan fingerprint density at radius 1 is 1.25 bits per heavy atom. The number of hydrogen-bond acceptors (Lipinski definition) is 4. The zero-order valence-electron chi connectivity index (χ0n) is 11.8. The maximum atomic E-state index is 12.6. The molecule has 1 atom stereocenters. The van der Waals surface area contributed by atoms with Crippen molar-refractivity contribution < 1.29 is 13.5 Å². The fourth-order valence-electron chi connectivity index (χ4n) is 1.91. The second-order valence-corrected chi connectivity index (χ2v) is 7.95. The van der Waals surface area contributed by atoms with Crippen LogP contribution in [0.25, 0.3) is 10.1 Å². The molecule has 4 nitrogen and oxygen atoms in total. The summed E-state index contributed by atoms with van der Waals surface area (Å²) in [6.45, 7) is 5.50. The Labute approximate surface area is 123 Å². The van der Waals surface area contributed by atoms with Gasteiger partial charge in [0.2, 0.25) is 10.0 Å². The van der Waals surface area contributed by atoms with Crippen LogP contribution in [0.5, 0.6) is 0 Å². The first-order chi connectivity index (χ1) is 9.36. The molecule has 6 heteroatoms. The first kappa shape index (κ1) is 15.4. The molecule has 0 aliphatic rings. The van der Waals surface area contributed by atoms with Gasteiger partial charge in [0, 0.05) is 16.1 Å². The van der Waals surface area contributed by atoms with Crippen LogP contribution in [0.4, 0.5) is 0 Å². The molecule has 2 rings (SSSR count). The summed E-state index contributed by atoms with van der Waals surface area (Å²) in [5.74, 6) is 0.201. The molecule has 0 radical (unpaired) electrons. The van der Waals surface area contributed by atoms with Crippen LogP contribution in [-0.2, 0) is 16.6 Å². The maximum Gasteiger partial charge on any atom is 0.242 e. The first-order valence-electron chi connectivity index (χ1n) is 6.50. The van der Waals surface area contributed by atoms with E-state index in [9.17, 15) is 13.5 Å². The van der Waals surface area contributed by atoms with Gasteiger partial charge in [0.1, 0.15) is 4.90 Å². The largest absolute Gasteiger partial charge is 0.391 e. The van der Waals surface area contributed by atoms with Crippen molar-refractivity contribution in [1.29, 1.82) is 0 Å². The lowest BCUT2D eigenvalue weighted by Gasteiger charge is -2.17. The van der Waals surface area contributed by atoms with Gasteiger partial charge in [-0.2, -0.15) is 0 Å². The quantitative estimate of drug-likeness (QED) is 0.892. The molecule has 0 saturated heterocycles. The lowest BCUT2D eigenvalue weighted by Crippen LogP contribution is -2.36. The summed E-state index contributed by atoms with van der Waals surface area (Å²) in [7, 11) is -3.63. The molecule has 2 aromatic rings. The first-order valence-corrected chi connectivity index (χ1v) is 8.80. The van der Waals surface area contributed by atoms with Crippen LogP contribution in [0, 0.1) is 5.92 Å². The highest BCUT2D eigenvalue weighted by molar-refractivity contribution is 7.90. The zero-order chi connectivity index (χ0) is 14.9. The highest BCUT2D eigenvalue weighted by Crippen LogP contribution is 2.34. The summed E-state index contributed by atoms with van der Waals surface area (Å²) in [4.78, 5) is 0.697. The van der Waals surface area contributed by atoms with Crippen LogP contribution in [0.15, 0.2) is 29.2 Å². The number of sulfonamides is 1. The topological polar surface area (TPSA) is 66.4 Å². The van der Waals surface area contributed by atoms with E-state index in [2.05, 4.69) is 4.72 Å². The molecule has 110 valence electrons. The number of benzene rings is 1. The van der Waals surface area contributed by atoms with Gasteiger partial charge in [-0.05, 0) is 18.9 Å². The van der Waals surface area contributed by atoms with Crippen LogP contribution in [0.2, 0.25) is 0 Å². The number of fused-ring (bicyclic) bond motifs is 1. The Bertz CT molecular complexity index is 704. The van der Waals surface area contributed by atoms with E-state index in [-0.39, 0.29) is 23.5 Å². The third-order valence-corrected chi connectivity index (χ3v) is 6.34. The third-order valence-electron chi connectivity index (χ3n) is 3.37. The standard InChI is InChI=1S/C14H19NO3S2/c1-9(2)10(3)15-20(17,18)14-11-6-4-5-7-12(11)19-13(14)8-16/h4-7,9-10,15-16H,8H2,1-3H3. The van der Waals surface area contributed by atoms with Gasteiger partial charge in [0.15, 0.2) is 0 Å². The summed E-state index contributed by atoms with van der Waals surface area (Å²) >= 11 is 1.32. The summed E-state index contributed by atoms with van der Waals surface area (Å²) < 4.78 is 28.7. The summed E-state index contributed by atoms with van der Waals surface area (Å²) in [6, 6.07) is 7.15. The molecule has 0 saturated carbocycles. The van der Waals surface area contributed by atoms with Crippen molar-refractivity contribution in [1.82, 2.24) is 4.72 Å². The van der Waals surface area contributed by atoms with Gasteiger partial charge < -0.3 is 5.11 Å². The minimum absolute atomic E-state index is 0.162. The Kier molecular flexibility index (Phi) is 4.49. The normalized spacial score (nSPS) is 14.1. The van der Waals surface area contributed by atoms with Crippen molar-refractivity contribution in [2.24, 2.45) is 5.92 Å². The molecule has 1 heterocycles. The molecular weight excluding hydrogens is 294 g/mol. The van der Waals surface area contributed by atoms with Crippen molar-refractivity contribution in [3.8, 4) is 0 Å². The van der Waals surface area contributed by atoms with E-state index in [0.29, 0.717) is 10.3 Å². The number of thiophene rings is 1. The summed E-state index contributed by atoms with van der Waals surface area (Å²) in [5.41, 5.74) is 0. The van der Waals surface area contributed by atoms with Crippen LogP contribution in [0.3, 0.4) is 0 Å². The lowest BCUT2D eigenvalue weighted by atomic mass is 10.1. The maximum absolute atomic E-state index is 12.6. The van der Waals surface area contributed by atoms with E-state index in [1.807, 2.05) is 32.9 Å². The van der Waals surface area contributed by atoms with E-state index in [1.54, 1.807) is 12.1 Å². The fourth-order valence-corrected chi connectivity index (χ4v) is 5.10. The highest BCUT2D eigenvalue weighted by atomic mass is 32.2. The monoisotopic (exact) mass is 313 g/mol. The molecule has 0 bridgehead atoms. The molecule has 1 aromatic carbocycles. The second-order valence-electron chi connectivity index (χ2n) is 5.16. The third kappa shape index (κ3) is 2.88. The van der Waals surface area contributed by atoms with Crippen molar-refractivity contribution in [2.75, 3.05) is 0 Å². The van der Waals surface area contributed by atoms with Crippen LogP contribution in [0.1, 0.15) is 25.6 Å². The second kappa shape index (κ2) is 5.81. The fraction of sp³-hybridized carbons (Fsp3) is 0.429. The number of hydrogen-bond donors (Lipinski definition) is 2. The van der Waals surface area contributed by atoms with Gasteiger partial charge in [0.25, 0.3) is 0 Å². The summed E-state index contributed by atoms with van der Waals surface area (Å²) in [6.07, 6.45) is 0. The number of rotatable bonds is 5. The van der Waals surface area contributed by atoms with E-state index >= 15 is 0 Å². The van der Waals surface area contributed by atoms with Gasteiger partial charge in [-0.1, -0.05) is 32.0 Å². The van der Waals surface area contributed by atoms with Gasteiger partial charge in [-0.15, -0.1) is 11.3 Å². The minimum atomic E-state index is -3.63. The molecule has 2 N–H and O–H groups in total. The van der Waals surface area contributed by atoms with Crippen LogP contribution < -0.4 is 4.72 Å². The average molecular weight is 313 g/mol. The Morgan fingerprint density at radius 3 is 2.50 bits per heavy atom. The van der Waals surface area contributed by atoms with Crippen LogP contribution in [-0.4, -0.2) is 19.6 Å². The van der Waals surface area contributed by atoms with Gasteiger partial charge >= 0.3 is 0 Å². The molecule has 0 aliphatic carbocycles. The predicted octanol–water partition coefficient (Wildman–Crippen LogP) is 2.72. The molecular formula is C14H19NO3S2. The molecule has 0 fully saturated rings. The van der Waals surface area contributed by atoms with Crippen molar-refractivity contribution >= 4 is 31.4 Å². The van der Waals surface area contributed by atoms with E-state index in [1.165, 1.54) is 11.3 Å². The van der Waals surface area contributed by atoms with Crippen LogP contribution >= 0.6 is 11.3 Å². The molecule has 1 unspecified atom stereocenters. The van der Waals surface area contributed by atoms with Crippen molar-refractivity contribution in [3.63, 3.8) is 0 Å². The Hall–Kier alpha value is -0.950. The molecule has 1 aromatic heterocycles. The highest BCUT2D eigenvalue weighted by Gasteiger charge is 2.26. The van der Waals surface area contributed by atoms with E-state index in [0.717, 1.165) is 4.70 Å². The average Bonchev–Trinajstić information content (AvgIpc) is 2.77. The number of nitrogens with one attached hydrogen (secondary N) is 1. The molecule has 0 aliphatic heterocycles.